The van der Waals surface area contributed by atoms with Gasteiger partial charge in [-0.05, 0) is 25.0 Å². The Morgan fingerprint density at radius 2 is 1.05 bits per heavy atom. The van der Waals surface area contributed by atoms with Gasteiger partial charge in [-0.1, -0.05) is 13.8 Å². The molecule has 0 amide bonds. The summed E-state index contributed by atoms with van der Waals surface area (Å²) >= 11 is 0. The summed E-state index contributed by atoms with van der Waals surface area (Å²) < 4.78 is 4.88. The second-order valence-electron chi connectivity index (χ2n) is 6.04. The second-order valence-corrected chi connectivity index (χ2v) is 6.04. The predicted octanol–water partition coefficient (Wildman–Crippen LogP) is 3.13. The fourth-order valence-electron chi connectivity index (χ4n) is 3.16. The monoisotopic (exact) mass is 284 g/mol. The molecule has 0 aliphatic rings. The lowest BCUT2D eigenvalue weighted by Gasteiger charge is -2.09. The third-order valence-electron chi connectivity index (χ3n) is 4.21. The quantitative estimate of drug-likeness (QED) is 0.762. The molecule has 2 aromatic heterocycles. The van der Waals surface area contributed by atoms with Crippen LogP contribution in [0.25, 0.3) is 0 Å². The van der Waals surface area contributed by atoms with Crippen molar-refractivity contribution in [3.8, 4) is 0 Å². The van der Waals surface area contributed by atoms with Gasteiger partial charge < -0.3 is 0 Å². The Hall–Kier alpha value is -1.70. The highest BCUT2D eigenvalue weighted by Crippen LogP contribution is 2.06. The molecule has 0 bridgehead atoms. The largest absolute Gasteiger partial charge is 0.344 e. The molecule has 2 heterocycles. The molecule has 0 fully saturated rings. The molecule has 2 aromatic rings. The molecule has 0 atom stereocenters. The van der Waals surface area contributed by atoms with E-state index in [1.165, 1.54) is 33.9 Å². The van der Waals surface area contributed by atoms with Gasteiger partial charge in [-0.15, -0.1) is 9.13 Å². The van der Waals surface area contributed by atoms with Crippen LogP contribution in [0.3, 0.4) is 0 Å². The van der Waals surface area contributed by atoms with Gasteiger partial charge in [0.25, 0.3) is 0 Å². The van der Waals surface area contributed by atoms with Crippen molar-refractivity contribution < 1.29 is 9.13 Å². The lowest BCUT2D eigenvalue weighted by atomic mass is 10.1. The van der Waals surface area contributed by atoms with Gasteiger partial charge >= 0.3 is 6.67 Å². The van der Waals surface area contributed by atoms with E-state index in [0.717, 1.165) is 19.5 Å². The molecule has 0 radical (unpaired) electrons. The average Bonchev–Trinajstić information content (AvgIpc) is 2.42. The Balaban J connectivity index is 2.53. The van der Waals surface area contributed by atoms with Crippen LogP contribution in [0, 0.1) is 27.7 Å². The zero-order chi connectivity index (χ0) is 15.6. The van der Waals surface area contributed by atoms with Crippen LogP contribution in [0.5, 0.6) is 0 Å². The molecule has 0 aliphatic carbocycles. The van der Waals surface area contributed by atoms with Crippen LogP contribution >= 0.6 is 0 Å². The van der Waals surface area contributed by atoms with Gasteiger partial charge in [0.2, 0.25) is 0 Å². The highest BCUT2D eigenvalue weighted by atomic mass is 15.2. The average molecular weight is 284 g/mol. The second kappa shape index (κ2) is 6.38. The lowest BCUT2D eigenvalue weighted by molar-refractivity contribution is -0.922. The zero-order valence-electron chi connectivity index (χ0n) is 14.3. The Morgan fingerprint density at radius 3 is 1.38 bits per heavy atom. The first-order chi connectivity index (χ1) is 9.96. The highest BCUT2D eigenvalue weighted by molar-refractivity contribution is 5.15. The Kier molecular flexibility index (Phi) is 4.76. The zero-order valence-corrected chi connectivity index (χ0v) is 14.3. The van der Waals surface area contributed by atoms with Crippen molar-refractivity contribution >= 4 is 0 Å². The topological polar surface area (TPSA) is 7.76 Å². The van der Waals surface area contributed by atoms with E-state index in [-0.39, 0.29) is 0 Å². The van der Waals surface area contributed by atoms with Crippen molar-refractivity contribution in [2.75, 3.05) is 0 Å². The van der Waals surface area contributed by atoms with Gasteiger partial charge in [-0.25, -0.2) is 0 Å². The normalized spacial score (nSPS) is 11.0. The van der Waals surface area contributed by atoms with Crippen molar-refractivity contribution in [2.24, 2.45) is 0 Å². The minimum atomic E-state index is 0.907. The lowest BCUT2D eigenvalue weighted by Crippen LogP contribution is -2.58. The van der Waals surface area contributed by atoms with Crippen LogP contribution < -0.4 is 9.13 Å². The van der Waals surface area contributed by atoms with Crippen LogP contribution in [0.2, 0.25) is 0 Å². The molecule has 0 unspecified atom stereocenters. The smallest absolute Gasteiger partial charge is 0.141 e. The molecule has 112 valence electrons. The van der Waals surface area contributed by atoms with E-state index in [4.69, 9.17) is 0 Å². The molecule has 0 spiro atoms. The summed E-state index contributed by atoms with van der Waals surface area (Å²) in [6.45, 7) is 14.2. The number of hydrogen-bond donors (Lipinski definition) is 0. The highest BCUT2D eigenvalue weighted by Gasteiger charge is 2.22. The maximum absolute atomic E-state index is 2.44. The Bertz CT molecular complexity index is 600. The standard InChI is InChI=1S/C19H28N2/c1-7-18-11-14(3)9-16(5)20(18)13-21-17(6)10-15(4)12-19(21)8-2/h9-12H,7-8,13H2,1-6H3/q+2. The molecule has 0 saturated carbocycles. The molecule has 0 N–H and O–H groups in total. The molecule has 21 heavy (non-hydrogen) atoms. The van der Waals surface area contributed by atoms with Crippen molar-refractivity contribution in [2.45, 2.75) is 61.1 Å². The molecular weight excluding hydrogens is 256 g/mol. The van der Waals surface area contributed by atoms with Crippen LogP contribution in [0.15, 0.2) is 24.3 Å². The van der Waals surface area contributed by atoms with Gasteiger partial charge in [0.05, 0.1) is 0 Å². The first-order valence-corrected chi connectivity index (χ1v) is 7.96. The maximum Gasteiger partial charge on any atom is 0.344 e. The van der Waals surface area contributed by atoms with Crippen molar-refractivity contribution in [1.82, 2.24) is 0 Å². The number of aromatic nitrogens is 2. The fraction of sp³-hybridized carbons (Fsp3) is 0.474. The van der Waals surface area contributed by atoms with Gasteiger partial charge in [0, 0.05) is 51.0 Å². The van der Waals surface area contributed by atoms with E-state index < -0.39 is 0 Å². The Labute approximate surface area is 129 Å². The van der Waals surface area contributed by atoms with Gasteiger partial charge in [-0.2, -0.15) is 0 Å². The molecule has 0 aromatic carbocycles. The van der Waals surface area contributed by atoms with E-state index >= 15 is 0 Å². The number of nitrogens with zero attached hydrogens (tertiary/aromatic N) is 2. The van der Waals surface area contributed by atoms with E-state index in [2.05, 4.69) is 74.9 Å². The third kappa shape index (κ3) is 3.31. The van der Waals surface area contributed by atoms with E-state index in [1.807, 2.05) is 0 Å². The van der Waals surface area contributed by atoms with Crippen LogP contribution in [-0.4, -0.2) is 0 Å². The van der Waals surface area contributed by atoms with Crippen LogP contribution in [0.4, 0.5) is 0 Å². The molecule has 2 heteroatoms. The van der Waals surface area contributed by atoms with E-state index in [0.29, 0.717) is 0 Å². The SMILES string of the molecule is CCc1cc(C)cc(C)[n+]1C[n+]1c(C)cc(C)cc1CC. The van der Waals surface area contributed by atoms with Crippen molar-refractivity contribution in [3.05, 3.63) is 58.2 Å². The molecule has 0 saturated heterocycles. The summed E-state index contributed by atoms with van der Waals surface area (Å²) in [5.41, 5.74) is 8.18. The number of aryl methyl sites for hydroxylation is 6. The summed E-state index contributed by atoms with van der Waals surface area (Å²) in [7, 11) is 0. The van der Waals surface area contributed by atoms with Gasteiger partial charge in [0.1, 0.15) is 0 Å². The van der Waals surface area contributed by atoms with Crippen LogP contribution in [0.1, 0.15) is 47.8 Å². The van der Waals surface area contributed by atoms with Crippen molar-refractivity contribution in [1.29, 1.82) is 0 Å². The minimum Gasteiger partial charge on any atom is -0.141 e. The first kappa shape index (κ1) is 15.7. The fourth-order valence-corrected chi connectivity index (χ4v) is 3.16. The Morgan fingerprint density at radius 1 is 0.667 bits per heavy atom. The van der Waals surface area contributed by atoms with E-state index in [9.17, 15) is 0 Å². The van der Waals surface area contributed by atoms with Gasteiger partial charge in [0.15, 0.2) is 22.8 Å². The molecular formula is C19H28N2+2. The first-order valence-electron chi connectivity index (χ1n) is 7.96. The minimum absolute atomic E-state index is 0.907. The summed E-state index contributed by atoms with van der Waals surface area (Å²) in [5.74, 6) is 0. The molecule has 2 nitrogen and oxygen atoms in total. The number of pyridine rings is 2. The molecule has 0 aliphatic heterocycles. The van der Waals surface area contributed by atoms with Gasteiger partial charge in [-0.3, -0.25) is 0 Å². The van der Waals surface area contributed by atoms with Crippen LogP contribution in [-0.2, 0) is 19.5 Å². The van der Waals surface area contributed by atoms with Crippen molar-refractivity contribution in [3.63, 3.8) is 0 Å². The molecule has 2 rings (SSSR count). The summed E-state index contributed by atoms with van der Waals surface area (Å²) in [6.07, 6.45) is 2.13. The summed E-state index contributed by atoms with van der Waals surface area (Å²) in [6, 6.07) is 9.16. The summed E-state index contributed by atoms with van der Waals surface area (Å²) in [4.78, 5) is 0. The number of hydrogen-bond acceptors (Lipinski definition) is 0. The summed E-state index contributed by atoms with van der Waals surface area (Å²) in [5, 5.41) is 0. The van der Waals surface area contributed by atoms with E-state index in [1.54, 1.807) is 0 Å². The maximum atomic E-state index is 2.44. The third-order valence-corrected chi connectivity index (χ3v) is 4.21. The number of rotatable bonds is 4. The predicted molar refractivity (Wildman–Crippen MR) is 86.4 cm³/mol.